The van der Waals surface area contributed by atoms with Crippen LogP contribution in [0.2, 0.25) is 5.02 Å². The largest absolute Gasteiger partial charge is 0.353 e. The molecular formula is C24H26ClN3OS. The zero-order valence-electron chi connectivity index (χ0n) is 17.1. The van der Waals surface area contributed by atoms with Crippen molar-refractivity contribution in [2.75, 3.05) is 13.1 Å². The van der Waals surface area contributed by atoms with Crippen LogP contribution in [0.25, 0.3) is 11.3 Å². The van der Waals surface area contributed by atoms with Crippen molar-refractivity contribution in [3.8, 4) is 11.3 Å². The Balaban J connectivity index is 1.22. The molecular weight excluding hydrogens is 414 g/mol. The molecule has 1 aliphatic rings. The summed E-state index contributed by atoms with van der Waals surface area (Å²) in [6.45, 7) is 4.93. The molecule has 0 unspecified atom stereocenters. The summed E-state index contributed by atoms with van der Waals surface area (Å²) in [5.41, 5.74) is 4.40. The first-order valence-corrected chi connectivity index (χ1v) is 11.6. The molecule has 156 valence electrons. The van der Waals surface area contributed by atoms with Crippen LogP contribution in [0.1, 0.15) is 29.0 Å². The van der Waals surface area contributed by atoms with Gasteiger partial charge in [0.1, 0.15) is 0 Å². The topological polar surface area (TPSA) is 45.2 Å². The predicted octanol–water partition coefficient (Wildman–Crippen LogP) is 5.10. The van der Waals surface area contributed by atoms with E-state index in [-0.39, 0.29) is 11.9 Å². The summed E-state index contributed by atoms with van der Waals surface area (Å²) >= 11 is 7.61. The molecule has 6 heteroatoms. The molecule has 1 saturated heterocycles. The molecule has 0 bridgehead atoms. The van der Waals surface area contributed by atoms with Gasteiger partial charge in [-0.15, -0.1) is 11.3 Å². The van der Waals surface area contributed by atoms with E-state index in [9.17, 15) is 4.79 Å². The van der Waals surface area contributed by atoms with Gasteiger partial charge in [-0.25, -0.2) is 4.98 Å². The highest BCUT2D eigenvalue weighted by Gasteiger charge is 2.20. The zero-order valence-corrected chi connectivity index (χ0v) is 18.7. The predicted molar refractivity (Wildman–Crippen MR) is 124 cm³/mol. The van der Waals surface area contributed by atoms with Crippen molar-refractivity contribution in [3.05, 3.63) is 75.1 Å². The Labute approximate surface area is 186 Å². The van der Waals surface area contributed by atoms with E-state index < -0.39 is 0 Å². The van der Waals surface area contributed by atoms with Gasteiger partial charge in [-0.3, -0.25) is 9.69 Å². The Hall–Kier alpha value is -2.21. The maximum absolute atomic E-state index is 12.5. The van der Waals surface area contributed by atoms with Gasteiger partial charge in [0.2, 0.25) is 5.91 Å². The van der Waals surface area contributed by atoms with Crippen molar-refractivity contribution in [2.24, 2.45) is 0 Å². The Morgan fingerprint density at radius 1 is 1.10 bits per heavy atom. The lowest BCUT2D eigenvalue weighted by atomic mass is 10.0. The molecule has 1 aromatic heterocycles. The minimum Gasteiger partial charge on any atom is -0.353 e. The van der Waals surface area contributed by atoms with Crippen molar-refractivity contribution in [1.29, 1.82) is 0 Å². The van der Waals surface area contributed by atoms with Crippen LogP contribution in [0.4, 0.5) is 0 Å². The van der Waals surface area contributed by atoms with Gasteiger partial charge in [-0.2, -0.15) is 0 Å². The van der Waals surface area contributed by atoms with Crippen LogP contribution in [-0.2, 0) is 17.8 Å². The lowest BCUT2D eigenvalue weighted by Crippen LogP contribution is -2.44. The first-order valence-electron chi connectivity index (χ1n) is 10.3. The molecule has 3 aromatic rings. The van der Waals surface area contributed by atoms with Crippen LogP contribution in [0.3, 0.4) is 0 Å². The second-order valence-corrected chi connectivity index (χ2v) is 9.37. The molecule has 1 fully saturated rings. The summed E-state index contributed by atoms with van der Waals surface area (Å²) in [6, 6.07) is 16.4. The molecule has 0 atom stereocenters. The van der Waals surface area contributed by atoms with Crippen LogP contribution in [-0.4, -0.2) is 34.9 Å². The van der Waals surface area contributed by atoms with Gasteiger partial charge >= 0.3 is 0 Å². The average molecular weight is 440 g/mol. The van der Waals surface area contributed by atoms with Gasteiger partial charge in [0.25, 0.3) is 0 Å². The number of nitrogens with one attached hydrogen (secondary N) is 1. The number of amides is 1. The van der Waals surface area contributed by atoms with Gasteiger partial charge in [-0.05, 0) is 43.0 Å². The quantitative estimate of drug-likeness (QED) is 0.581. The number of nitrogens with zero attached hydrogens (tertiary/aromatic N) is 2. The van der Waals surface area contributed by atoms with Crippen LogP contribution < -0.4 is 5.32 Å². The second-order valence-electron chi connectivity index (χ2n) is 7.87. The lowest BCUT2D eigenvalue weighted by molar-refractivity contribution is -0.121. The summed E-state index contributed by atoms with van der Waals surface area (Å²) in [5.74, 6) is 0.100. The standard InChI is InChI=1S/C24H26ClN3OS/c1-17-26-23(16-30-17)20-6-2-18(3-7-20)14-24(29)27-22-10-12-28(13-11-22)15-19-4-8-21(25)9-5-19/h2-9,16,22H,10-15H2,1H3,(H,27,29). The van der Waals surface area contributed by atoms with Crippen molar-refractivity contribution in [2.45, 2.75) is 38.8 Å². The summed E-state index contributed by atoms with van der Waals surface area (Å²) < 4.78 is 0. The van der Waals surface area contributed by atoms with E-state index in [2.05, 4.69) is 32.7 Å². The SMILES string of the molecule is Cc1nc(-c2ccc(CC(=O)NC3CCN(Cc4ccc(Cl)cc4)CC3)cc2)cs1. The number of aromatic nitrogens is 1. The molecule has 4 rings (SSSR count). The van der Waals surface area contributed by atoms with E-state index >= 15 is 0 Å². The van der Waals surface area contributed by atoms with Crippen LogP contribution >= 0.6 is 22.9 Å². The maximum Gasteiger partial charge on any atom is 0.224 e. The second kappa shape index (κ2) is 9.73. The third kappa shape index (κ3) is 5.69. The van der Waals surface area contributed by atoms with Crippen molar-refractivity contribution in [1.82, 2.24) is 15.2 Å². The summed E-state index contributed by atoms with van der Waals surface area (Å²) in [6.07, 6.45) is 2.39. The number of likely N-dealkylation sites (tertiary alicyclic amines) is 1. The van der Waals surface area contributed by atoms with Gasteiger partial charge < -0.3 is 5.32 Å². The Morgan fingerprint density at radius 2 is 1.77 bits per heavy atom. The normalized spacial score (nSPS) is 15.3. The minimum absolute atomic E-state index is 0.100. The minimum atomic E-state index is 0.100. The van der Waals surface area contributed by atoms with Gasteiger partial charge in [-0.1, -0.05) is 48.0 Å². The monoisotopic (exact) mass is 439 g/mol. The lowest BCUT2D eigenvalue weighted by Gasteiger charge is -2.32. The molecule has 1 N–H and O–H groups in total. The number of halogens is 1. The Kier molecular flexibility index (Phi) is 6.82. The molecule has 4 nitrogen and oxygen atoms in total. The number of piperidine rings is 1. The first kappa shape index (κ1) is 21.0. The number of carbonyl (C=O) groups excluding carboxylic acids is 1. The summed E-state index contributed by atoms with van der Waals surface area (Å²) in [5, 5.41) is 7.11. The van der Waals surface area contributed by atoms with Gasteiger partial charge in [0.15, 0.2) is 0 Å². The molecule has 1 aliphatic heterocycles. The van der Waals surface area contributed by atoms with Crippen LogP contribution in [0.5, 0.6) is 0 Å². The Morgan fingerprint density at radius 3 is 2.40 bits per heavy atom. The number of hydrogen-bond acceptors (Lipinski definition) is 4. The highest BCUT2D eigenvalue weighted by atomic mass is 35.5. The van der Waals surface area contributed by atoms with Gasteiger partial charge in [0.05, 0.1) is 17.1 Å². The highest BCUT2D eigenvalue weighted by molar-refractivity contribution is 7.09. The first-order chi connectivity index (χ1) is 14.5. The number of aryl methyl sites for hydroxylation is 1. The molecule has 0 saturated carbocycles. The summed E-state index contributed by atoms with van der Waals surface area (Å²) in [7, 11) is 0. The molecule has 2 aromatic carbocycles. The summed E-state index contributed by atoms with van der Waals surface area (Å²) in [4.78, 5) is 19.4. The van der Waals surface area contributed by atoms with Gasteiger partial charge in [0, 0.05) is 41.6 Å². The smallest absolute Gasteiger partial charge is 0.224 e. The molecule has 30 heavy (non-hydrogen) atoms. The Bertz CT molecular complexity index is 976. The number of thiazole rings is 1. The molecule has 2 heterocycles. The average Bonchev–Trinajstić information content (AvgIpc) is 3.18. The number of hydrogen-bond donors (Lipinski definition) is 1. The molecule has 0 aliphatic carbocycles. The van der Waals surface area contributed by atoms with Crippen LogP contribution in [0.15, 0.2) is 53.9 Å². The molecule has 0 spiro atoms. The number of rotatable bonds is 6. The van der Waals surface area contributed by atoms with E-state index in [0.29, 0.717) is 6.42 Å². The van der Waals surface area contributed by atoms with Crippen LogP contribution in [0, 0.1) is 6.92 Å². The van der Waals surface area contributed by atoms with E-state index in [1.54, 1.807) is 11.3 Å². The fourth-order valence-corrected chi connectivity index (χ4v) is 4.58. The molecule has 1 amide bonds. The van der Waals surface area contributed by atoms with E-state index in [1.807, 2.05) is 43.3 Å². The van der Waals surface area contributed by atoms with E-state index in [0.717, 1.165) is 59.3 Å². The van der Waals surface area contributed by atoms with Crippen molar-refractivity contribution < 1.29 is 4.79 Å². The highest BCUT2D eigenvalue weighted by Crippen LogP contribution is 2.22. The van der Waals surface area contributed by atoms with E-state index in [4.69, 9.17) is 11.6 Å². The number of carbonyl (C=O) groups is 1. The zero-order chi connectivity index (χ0) is 20.9. The van der Waals surface area contributed by atoms with Crippen molar-refractivity contribution >= 4 is 28.8 Å². The van der Waals surface area contributed by atoms with E-state index in [1.165, 1.54) is 5.56 Å². The molecule has 0 radical (unpaired) electrons. The maximum atomic E-state index is 12.5. The fraction of sp³-hybridized carbons (Fsp3) is 0.333. The van der Waals surface area contributed by atoms with Crippen molar-refractivity contribution in [3.63, 3.8) is 0 Å². The third-order valence-corrected chi connectivity index (χ3v) is 6.53. The number of benzene rings is 2. The third-order valence-electron chi connectivity index (χ3n) is 5.51. The fourth-order valence-electron chi connectivity index (χ4n) is 3.84.